The number of fused-ring (bicyclic) bond motifs is 2. The summed E-state index contributed by atoms with van der Waals surface area (Å²) in [5.74, 6) is 0.710. The van der Waals surface area contributed by atoms with Gasteiger partial charge in [0.2, 0.25) is 0 Å². The van der Waals surface area contributed by atoms with E-state index in [-0.39, 0.29) is 16.9 Å². The normalized spacial score (nSPS) is 26.9. The minimum absolute atomic E-state index is 0.00243. The van der Waals surface area contributed by atoms with Crippen molar-refractivity contribution in [1.29, 1.82) is 0 Å². The summed E-state index contributed by atoms with van der Waals surface area (Å²) >= 11 is 0. The molecule has 0 saturated heterocycles. The number of benzene rings is 3. The van der Waals surface area contributed by atoms with Crippen LogP contribution in [0.4, 0.5) is 0 Å². The highest BCUT2D eigenvalue weighted by Gasteiger charge is 2.67. The second-order valence-electron chi connectivity index (χ2n) is 10.0. The maximum atomic E-state index is 13.8. The standard InChI is InChI=1S/C29H31NO/c1-27(2)24-19-20-28(27,3)26(31)25(24)30-29(21-13-7-4-8-14-21,22-15-9-5-10-16-22)23-17-11-6-12-18-23/h4-18,24-25,30H,19-20H2,1-3H3/t24-,25-,28+/m1/s1. The summed E-state index contributed by atoms with van der Waals surface area (Å²) < 4.78 is 0. The Hall–Kier alpha value is -2.71. The van der Waals surface area contributed by atoms with Gasteiger partial charge in [-0.25, -0.2) is 0 Å². The Bertz CT molecular complexity index is 977. The Labute approximate surface area is 185 Å². The van der Waals surface area contributed by atoms with E-state index in [0.29, 0.717) is 11.7 Å². The largest absolute Gasteiger partial charge is 0.297 e. The van der Waals surface area contributed by atoms with Gasteiger partial charge in [0.05, 0.1) is 11.6 Å². The zero-order chi connectivity index (χ0) is 21.7. The van der Waals surface area contributed by atoms with Crippen LogP contribution in [0.25, 0.3) is 0 Å². The average Bonchev–Trinajstić information content (AvgIpc) is 3.12. The molecule has 2 bridgehead atoms. The minimum Gasteiger partial charge on any atom is -0.297 e. The number of carbonyl (C=O) groups is 1. The van der Waals surface area contributed by atoms with Gasteiger partial charge in [-0.05, 0) is 40.9 Å². The van der Waals surface area contributed by atoms with Gasteiger partial charge in [-0.1, -0.05) is 112 Å². The lowest BCUT2D eigenvalue weighted by molar-refractivity contribution is -0.130. The first-order chi connectivity index (χ1) is 14.9. The van der Waals surface area contributed by atoms with E-state index in [1.807, 2.05) is 0 Å². The van der Waals surface area contributed by atoms with Crippen molar-refractivity contribution in [2.24, 2.45) is 16.7 Å². The lowest BCUT2D eigenvalue weighted by Gasteiger charge is -2.41. The zero-order valence-corrected chi connectivity index (χ0v) is 18.6. The first-order valence-electron chi connectivity index (χ1n) is 11.4. The van der Waals surface area contributed by atoms with E-state index < -0.39 is 5.54 Å². The van der Waals surface area contributed by atoms with Crippen molar-refractivity contribution >= 4 is 5.78 Å². The molecule has 2 heteroatoms. The van der Waals surface area contributed by atoms with Crippen LogP contribution >= 0.6 is 0 Å². The molecule has 0 unspecified atom stereocenters. The van der Waals surface area contributed by atoms with Gasteiger partial charge in [0.25, 0.3) is 0 Å². The van der Waals surface area contributed by atoms with Crippen LogP contribution in [0.3, 0.4) is 0 Å². The first-order valence-corrected chi connectivity index (χ1v) is 11.4. The molecular formula is C29H31NO. The molecule has 3 aromatic rings. The summed E-state index contributed by atoms with van der Waals surface area (Å²) in [6, 6.07) is 31.6. The van der Waals surface area contributed by atoms with Gasteiger partial charge in [0, 0.05) is 5.41 Å². The van der Waals surface area contributed by atoms with Crippen molar-refractivity contribution in [3.8, 4) is 0 Å². The van der Waals surface area contributed by atoms with E-state index in [1.54, 1.807) is 0 Å². The Morgan fingerprint density at radius 3 is 1.52 bits per heavy atom. The van der Waals surface area contributed by atoms with E-state index in [9.17, 15) is 4.79 Å². The van der Waals surface area contributed by atoms with E-state index in [2.05, 4.69) is 117 Å². The van der Waals surface area contributed by atoms with Crippen LogP contribution in [-0.4, -0.2) is 11.8 Å². The summed E-state index contributed by atoms with van der Waals surface area (Å²) in [6.07, 6.45) is 2.10. The molecule has 3 atom stereocenters. The zero-order valence-electron chi connectivity index (χ0n) is 18.6. The number of ketones is 1. The summed E-state index contributed by atoms with van der Waals surface area (Å²) in [4.78, 5) is 13.8. The van der Waals surface area contributed by atoms with Crippen LogP contribution in [-0.2, 0) is 10.3 Å². The van der Waals surface area contributed by atoms with Crippen LogP contribution < -0.4 is 5.32 Å². The maximum Gasteiger partial charge on any atom is 0.156 e. The van der Waals surface area contributed by atoms with Gasteiger partial charge in [0.15, 0.2) is 5.78 Å². The lowest BCUT2D eigenvalue weighted by atomic mass is 9.70. The quantitative estimate of drug-likeness (QED) is 0.527. The summed E-state index contributed by atoms with van der Waals surface area (Å²) in [6.45, 7) is 6.77. The van der Waals surface area contributed by atoms with Crippen LogP contribution in [0.15, 0.2) is 91.0 Å². The molecule has 2 fully saturated rings. The van der Waals surface area contributed by atoms with Gasteiger partial charge >= 0.3 is 0 Å². The van der Waals surface area contributed by atoms with Crippen LogP contribution in [0.1, 0.15) is 50.3 Å². The predicted octanol–water partition coefficient (Wildman–Crippen LogP) is 5.96. The fourth-order valence-corrected chi connectivity index (χ4v) is 6.30. The molecule has 2 aliphatic carbocycles. The third kappa shape index (κ3) is 2.78. The van der Waals surface area contributed by atoms with Gasteiger partial charge in [-0.2, -0.15) is 0 Å². The molecule has 1 N–H and O–H groups in total. The number of hydrogen-bond acceptors (Lipinski definition) is 2. The predicted molar refractivity (Wildman–Crippen MR) is 126 cm³/mol. The molecule has 2 nitrogen and oxygen atoms in total. The fraction of sp³-hybridized carbons (Fsp3) is 0.345. The molecule has 0 heterocycles. The lowest BCUT2D eigenvalue weighted by Crippen LogP contribution is -2.55. The molecule has 0 spiro atoms. The molecule has 0 amide bonds. The molecular weight excluding hydrogens is 378 g/mol. The van der Waals surface area contributed by atoms with E-state index in [0.717, 1.165) is 29.5 Å². The number of rotatable bonds is 5. The Morgan fingerprint density at radius 2 is 1.16 bits per heavy atom. The second kappa shape index (κ2) is 7.17. The molecule has 3 aromatic carbocycles. The summed E-state index contributed by atoms with van der Waals surface area (Å²) in [5.41, 5.74) is 2.62. The monoisotopic (exact) mass is 409 g/mol. The fourth-order valence-electron chi connectivity index (χ4n) is 6.30. The minimum atomic E-state index is -0.596. The topological polar surface area (TPSA) is 29.1 Å². The highest BCUT2D eigenvalue weighted by Crippen LogP contribution is 2.64. The smallest absolute Gasteiger partial charge is 0.156 e. The third-order valence-corrected chi connectivity index (χ3v) is 8.53. The second-order valence-corrected chi connectivity index (χ2v) is 10.0. The van der Waals surface area contributed by atoms with Gasteiger partial charge < -0.3 is 0 Å². The molecule has 0 aliphatic heterocycles. The van der Waals surface area contributed by atoms with Crippen molar-refractivity contribution in [2.45, 2.75) is 45.2 Å². The van der Waals surface area contributed by atoms with Crippen molar-refractivity contribution in [1.82, 2.24) is 5.32 Å². The molecule has 0 aromatic heterocycles. The molecule has 2 saturated carbocycles. The Kier molecular flexibility index (Phi) is 4.67. The number of carbonyl (C=O) groups excluding carboxylic acids is 1. The van der Waals surface area contributed by atoms with Gasteiger partial charge in [-0.3, -0.25) is 10.1 Å². The molecule has 2 aliphatic rings. The molecule has 5 rings (SSSR count). The Morgan fingerprint density at radius 1 is 0.742 bits per heavy atom. The van der Waals surface area contributed by atoms with Crippen LogP contribution in [0.5, 0.6) is 0 Å². The molecule has 0 radical (unpaired) electrons. The van der Waals surface area contributed by atoms with Gasteiger partial charge in [-0.15, -0.1) is 0 Å². The third-order valence-electron chi connectivity index (χ3n) is 8.53. The van der Waals surface area contributed by atoms with Crippen molar-refractivity contribution in [2.75, 3.05) is 0 Å². The average molecular weight is 410 g/mol. The SMILES string of the molecule is CC1(C)[C@@H]2CC[C@@]1(C)C(=O)[C@@H]2NC(c1ccccc1)(c1ccccc1)c1ccccc1. The summed E-state index contributed by atoms with van der Waals surface area (Å²) in [5, 5.41) is 3.99. The van der Waals surface area contributed by atoms with E-state index in [4.69, 9.17) is 0 Å². The van der Waals surface area contributed by atoms with Gasteiger partial charge in [0.1, 0.15) is 0 Å². The Balaban J connectivity index is 1.73. The summed E-state index contributed by atoms with van der Waals surface area (Å²) in [7, 11) is 0. The van der Waals surface area contributed by atoms with Crippen molar-refractivity contribution in [3.05, 3.63) is 108 Å². The van der Waals surface area contributed by atoms with E-state index >= 15 is 0 Å². The highest BCUT2D eigenvalue weighted by molar-refractivity contribution is 5.94. The van der Waals surface area contributed by atoms with E-state index in [1.165, 1.54) is 0 Å². The number of nitrogens with one attached hydrogen (secondary N) is 1. The number of hydrogen-bond donors (Lipinski definition) is 1. The maximum absolute atomic E-state index is 13.8. The van der Waals surface area contributed by atoms with Crippen molar-refractivity contribution < 1.29 is 4.79 Å². The molecule has 158 valence electrons. The first kappa shape index (κ1) is 20.2. The van der Waals surface area contributed by atoms with Crippen LogP contribution in [0.2, 0.25) is 0 Å². The molecule has 31 heavy (non-hydrogen) atoms. The highest BCUT2D eigenvalue weighted by atomic mass is 16.1. The van der Waals surface area contributed by atoms with Crippen molar-refractivity contribution in [3.63, 3.8) is 0 Å². The van der Waals surface area contributed by atoms with Crippen LogP contribution in [0, 0.1) is 16.7 Å². The number of Topliss-reactive ketones (excluding diaryl/α,β-unsaturated/α-hetero) is 1.